The van der Waals surface area contributed by atoms with Crippen LogP contribution < -0.4 is 20.7 Å². The van der Waals surface area contributed by atoms with Crippen molar-refractivity contribution < 1.29 is 48.0 Å². The lowest BCUT2D eigenvalue weighted by molar-refractivity contribution is -0.158. The van der Waals surface area contributed by atoms with E-state index in [4.69, 9.17) is 41.0 Å². The van der Waals surface area contributed by atoms with E-state index in [-0.39, 0.29) is 24.3 Å². The fourth-order valence-corrected chi connectivity index (χ4v) is 7.25. The Morgan fingerprint density at radius 2 is 1.91 bits per heavy atom. The molecule has 292 valence electrons. The number of ether oxygens (including phenoxy) is 5. The third-order valence-corrected chi connectivity index (χ3v) is 10.9. The first-order chi connectivity index (χ1) is 25.4. The topological polar surface area (TPSA) is 182 Å². The van der Waals surface area contributed by atoms with E-state index in [1.54, 1.807) is 63.4 Å². The zero-order valence-corrected chi connectivity index (χ0v) is 32.6. The van der Waals surface area contributed by atoms with E-state index < -0.39 is 65.7 Å². The Morgan fingerprint density at radius 3 is 2.57 bits per heavy atom. The highest BCUT2D eigenvalue weighted by atomic mass is 35.5. The van der Waals surface area contributed by atoms with Crippen LogP contribution in [0.2, 0.25) is 5.02 Å². The molecule has 54 heavy (non-hydrogen) atoms. The van der Waals surface area contributed by atoms with E-state index in [0.29, 0.717) is 34.7 Å². The third kappa shape index (κ3) is 8.51. The van der Waals surface area contributed by atoms with Crippen molar-refractivity contribution in [1.82, 2.24) is 10.2 Å². The van der Waals surface area contributed by atoms with Crippen LogP contribution in [-0.2, 0) is 35.0 Å². The lowest BCUT2D eigenvalue weighted by Crippen LogP contribution is -2.62. The summed E-state index contributed by atoms with van der Waals surface area (Å²) in [7, 11) is 5.96. The minimum Gasteiger partial charge on any atom is -0.495 e. The molecule has 0 aromatic heterocycles. The molecule has 15 heteroatoms. The van der Waals surface area contributed by atoms with Crippen molar-refractivity contribution >= 4 is 46.9 Å². The monoisotopic (exact) mass is 768 g/mol. The Kier molecular flexibility index (Phi) is 12.0. The van der Waals surface area contributed by atoms with Crippen LogP contribution in [0.25, 0.3) is 0 Å². The first-order valence-electron chi connectivity index (χ1n) is 17.6. The van der Waals surface area contributed by atoms with Crippen LogP contribution in [0.3, 0.4) is 0 Å². The van der Waals surface area contributed by atoms with Crippen molar-refractivity contribution in [3.8, 4) is 5.75 Å². The number of hydrogen-bond donors (Lipinski definition) is 3. The zero-order valence-electron chi connectivity index (χ0n) is 31.8. The molecule has 14 nitrogen and oxygen atoms in total. The number of epoxide rings is 1. The number of rotatable bonds is 6. The molecule has 0 radical (unpaired) electrons. The molecule has 7 atom stereocenters. The number of allylic oxidation sites excluding steroid dienone is 3. The largest absolute Gasteiger partial charge is 0.495 e. The van der Waals surface area contributed by atoms with Crippen molar-refractivity contribution in [2.24, 2.45) is 0 Å². The second-order valence-corrected chi connectivity index (χ2v) is 14.8. The van der Waals surface area contributed by atoms with E-state index in [1.807, 2.05) is 13.0 Å². The number of anilines is 2. The number of nitrogen functional groups attached to an aromatic ring is 1. The first-order valence-corrected chi connectivity index (χ1v) is 18.0. The van der Waals surface area contributed by atoms with Gasteiger partial charge in [0.2, 0.25) is 5.91 Å². The summed E-state index contributed by atoms with van der Waals surface area (Å²) in [4.78, 5) is 56.8. The van der Waals surface area contributed by atoms with Crippen LogP contribution in [0.15, 0.2) is 54.1 Å². The summed E-state index contributed by atoms with van der Waals surface area (Å²) in [6.45, 7) is 6.89. The summed E-state index contributed by atoms with van der Waals surface area (Å²) in [5.41, 5.74) is 6.45. The molecule has 3 aliphatic heterocycles. The number of nitrogens with zero attached hydrogens (tertiary/aromatic N) is 2. The van der Waals surface area contributed by atoms with Crippen molar-refractivity contribution in [3.63, 3.8) is 0 Å². The van der Waals surface area contributed by atoms with Crippen molar-refractivity contribution in [3.05, 3.63) is 75.8 Å². The quantitative estimate of drug-likeness (QED) is 0.214. The number of hydrogen-bond acceptors (Lipinski definition) is 11. The summed E-state index contributed by atoms with van der Waals surface area (Å²) in [6, 6.07) is 7.38. The predicted octanol–water partition coefficient (Wildman–Crippen LogP) is 4.47. The molecule has 2 saturated heterocycles. The highest BCUT2D eigenvalue weighted by Crippen LogP contribution is 2.47. The number of likely N-dealkylation sites (N-methyl/N-ethyl adjacent to an activating group) is 1. The van der Waals surface area contributed by atoms with Gasteiger partial charge in [0.25, 0.3) is 5.91 Å². The van der Waals surface area contributed by atoms with Crippen LogP contribution in [-0.4, -0.2) is 104 Å². The van der Waals surface area contributed by atoms with E-state index >= 15 is 0 Å². The van der Waals surface area contributed by atoms with E-state index in [2.05, 4.69) is 5.32 Å². The van der Waals surface area contributed by atoms with Gasteiger partial charge in [-0.15, -0.1) is 0 Å². The molecule has 3 heterocycles. The zero-order chi connectivity index (χ0) is 39.7. The van der Waals surface area contributed by atoms with Gasteiger partial charge < -0.3 is 44.3 Å². The van der Waals surface area contributed by atoms with Gasteiger partial charge in [-0.1, -0.05) is 35.4 Å². The Hall–Kier alpha value is -4.63. The molecule has 2 aromatic carbocycles. The summed E-state index contributed by atoms with van der Waals surface area (Å²) in [5.74, 6) is -1.27. The predicted molar refractivity (Wildman–Crippen MR) is 201 cm³/mol. The number of nitrogens with two attached hydrogens (primary N) is 1. The first kappa shape index (κ1) is 40.6. The van der Waals surface area contributed by atoms with Crippen LogP contribution in [0, 0.1) is 6.92 Å². The average Bonchev–Trinajstić information content (AvgIpc) is 3.77. The lowest BCUT2D eigenvalue weighted by Gasteiger charge is -2.40. The Bertz CT molecular complexity index is 1870. The van der Waals surface area contributed by atoms with E-state index in [1.165, 1.54) is 38.0 Å². The standard InChI is InChI=1S/C39H49ClN4O10/c1-21-10-9-11-30(51-8)39(49)20-26(52-37(48)42-39)18-32-38(4,54-32)31(19-33(45)44(6)28-16-24(14-21)17-29(50-7)34(28)40)53-36(47)23(3)43(5)35(46)27-13-12-25(41)15-22(27)2/h9-13,15-17,23,26,30-32,49H,14,18-20,41H2,1-8H3,(H,42,48)/b11-9+,21-10+/t23-,26+,30+,31-,32-,38-,39-/m0/s1. The average molecular weight is 769 g/mol. The van der Waals surface area contributed by atoms with E-state index in [0.717, 1.165) is 11.1 Å². The van der Waals surface area contributed by atoms with Gasteiger partial charge in [0.15, 0.2) is 5.72 Å². The molecule has 3 amide bonds. The molecular weight excluding hydrogens is 720 g/mol. The van der Waals surface area contributed by atoms with Crippen molar-refractivity contribution in [1.29, 1.82) is 0 Å². The molecular formula is C39H49ClN4O10. The van der Waals surface area contributed by atoms with Gasteiger partial charge in [-0.2, -0.15) is 0 Å². The number of esters is 1. The van der Waals surface area contributed by atoms with Gasteiger partial charge in [0, 0.05) is 45.3 Å². The van der Waals surface area contributed by atoms with Crippen LogP contribution >= 0.6 is 11.6 Å². The van der Waals surface area contributed by atoms with Gasteiger partial charge in [-0.3, -0.25) is 14.9 Å². The molecule has 0 unspecified atom stereocenters. The normalized spacial score (nSPS) is 29.4. The minimum absolute atomic E-state index is 0.0506. The smallest absolute Gasteiger partial charge is 0.409 e. The van der Waals surface area contributed by atoms with Gasteiger partial charge in [0.1, 0.15) is 40.7 Å². The Balaban J connectivity index is 1.50. The Morgan fingerprint density at radius 1 is 1.19 bits per heavy atom. The maximum absolute atomic E-state index is 14.1. The van der Waals surface area contributed by atoms with Gasteiger partial charge in [-0.05, 0) is 75.6 Å². The molecule has 4 N–H and O–H groups in total. The second kappa shape index (κ2) is 16.0. The maximum atomic E-state index is 14.1. The molecule has 0 saturated carbocycles. The lowest BCUT2D eigenvalue weighted by atomic mass is 9.90. The summed E-state index contributed by atoms with van der Waals surface area (Å²) >= 11 is 6.75. The maximum Gasteiger partial charge on any atom is 0.409 e. The molecule has 2 aromatic rings. The van der Waals surface area contributed by atoms with Crippen LogP contribution in [0.5, 0.6) is 5.75 Å². The SMILES string of the molecule is COc1cc2cc(c1Cl)N(C)C(=O)C[C@H](OC(=O)[C@H](C)N(C)C(=O)c1ccc(N)cc1C)[C@]1(C)O[C@H]1C[C@@H]1C[C@@](O)(NC(=O)O1)[C@H](OC)/C=C/C=C(\C)C2. The number of benzene rings is 2. The molecule has 0 spiro atoms. The number of halogens is 1. The summed E-state index contributed by atoms with van der Waals surface area (Å²) < 4.78 is 29.0. The fourth-order valence-electron chi connectivity index (χ4n) is 6.94. The van der Waals surface area contributed by atoms with E-state index in [9.17, 15) is 24.3 Å². The third-order valence-electron chi connectivity index (χ3n) is 10.5. The molecule has 5 rings (SSSR count). The fraction of sp³-hybridized carbons (Fsp3) is 0.487. The second-order valence-electron chi connectivity index (χ2n) is 14.4. The summed E-state index contributed by atoms with van der Waals surface area (Å²) in [5, 5.41) is 14.3. The Labute approximate surface area is 320 Å². The van der Waals surface area contributed by atoms with Crippen LogP contribution in [0.1, 0.15) is 61.5 Å². The molecule has 4 bridgehead atoms. The van der Waals surface area contributed by atoms with Crippen molar-refractivity contribution in [2.75, 3.05) is 38.9 Å². The van der Waals surface area contributed by atoms with Gasteiger partial charge in [0.05, 0.1) is 25.3 Å². The number of methoxy groups -OCH3 is 2. The minimum atomic E-state index is -1.82. The van der Waals surface area contributed by atoms with Crippen LogP contribution in [0.4, 0.5) is 16.2 Å². The number of alkyl carbamates (subject to hydrolysis) is 1. The highest BCUT2D eigenvalue weighted by molar-refractivity contribution is 6.35. The number of carbonyl (C=O) groups excluding carboxylic acids is 4. The van der Waals surface area contributed by atoms with Gasteiger partial charge in [-0.25, -0.2) is 9.59 Å². The number of aliphatic hydroxyl groups is 1. The van der Waals surface area contributed by atoms with Gasteiger partial charge >= 0.3 is 12.1 Å². The molecule has 0 aliphatic carbocycles. The summed E-state index contributed by atoms with van der Waals surface area (Å²) in [6.07, 6.45) is 0.997. The number of carbonyl (C=O) groups is 4. The number of nitrogens with one attached hydrogen (secondary N) is 1. The molecule has 2 fully saturated rings. The number of aryl methyl sites for hydroxylation is 1. The highest BCUT2D eigenvalue weighted by Gasteiger charge is 2.61. The number of fused-ring (bicyclic) bond motifs is 5. The number of amides is 3. The van der Waals surface area contributed by atoms with Crippen molar-refractivity contribution in [2.45, 2.75) is 95.2 Å². The molecule has 3 aliphatic rings.